The van der Waals surface area contributed by atoms with Crippen LogP contribution in [0.1, 0.15) is 39.1 Å². The van der Waals surface area contributed by atoms with Crippen LogP contribution in [0.4, 0.5) is 0 Å². The summed E-state index contributed by atoms with van der Waals surface area (Å²) in [6.07, 6.45) is 1.96. The Labute approximate surface area is 118 Å². The standard InChI is InChI=1S/C15H19N3O2/c1-16-14(19)12-4-2-3-10-9-18(15(20)13(10)12)11-5-7-17-8-6-11/h2-4,11,17H,5-9H2,1H3,(H,16,19). The van der Waals surface area contributed by atoms with Gasteiger partial charge in [-0.15, -0.1) is 0 Å². The zero-order valence-electron chi connectivity index (χ0n) is 11.6. The molecule has 2 amide bonds. The molecule has 2 heterocycles. The molecule has 3 rings (SSSR count). The van der Waals surface area contributed by atoms with Crippen LogP contribution in [0.15, 0.2) is 18.2 Å². The van der Waals surface area contributed by atoms with E-state index in [-0.39, 0.29) is 17.9 Å². The Hall–Kier alpha value is -1.88. The first-order valence-electron chi connectivity index (χ1n) is 7.08. The van der Waals surface area contributed by atoms with Gasteiger partial charge < -0.3 is 15.5 Å². The summed E-state index contributed by atoms with van der Waals surface area (Å²) in [5.41, 5.74) is 2.05. The molecule has 2 N–H and O–H groups in total. The van der Waals surface area contributed by atoms with E-state index in [2.05, 4.69) is 10.6 Å². The number of nitrogens with one attached hydrogen (secondary N) is 2. The summed E-state index contributed by atoms with van der Waals surface area (Å²) in [5, 5.41) is 5.92. The highest BCUT2D eigenvalue weighted by Gasteiger charge is 2.35. The van der Waals surface area contributed by atoms with Crippen LogP contribution in [0.25, 0.3) is 0 Å². The molecular formula is C15H19N3O2. The fourth-order valence-corrected chi connectivity index (χ4v) is 3.12. The van der Waals surface area contributed by atoms with Gasteiger partial charge in [-0.2, -0.15) is 0 Å². The molecule has 2 aliphatic heterocycles. The molecular weight excluding hydrogens is 254 g/mol. The molecule has 0 saturated carbocycles. The second-order valence-corrected chi connectivity index (χ2v) is 5.33. The Balaban J connectivity index is 1.92. The molecule has 0 aliphatic carbocycles. The maximum absolute atomic E-state index is 12.7. The fraction of sp³-hybridized carbons (Fsp3) is 0.467. The van der Waals surface area contributed by atoms with Crippen LogP contribution in [-0.4, -0.2) is 42.9 Å². The van der Waals surface area contributed by atoms with Gasteiger partial charge in [0.15, 0.2) is 0 Å². The number of piperidine rings is 1. The molecule has 5 heteroatoms. The van der Waals surface area contributed by atoms with Gasteiger partial charge in [0.2, 0.25) is 0 Å². The number of hydrogen-bond donors (Lipinski definition) is 2. The number of amides is 2. The van der Waals surface area contributed by atoms with Gasteiger partial charge in [-0.3, -0.25) is 9.59 Å². The van der Waals surface area contributed by atoms with Crippen LogP contribution in [0.5, 0.6) is 0 Å². The van der Waals surface area contributed by atoms with Gasteiger partial charge in [0.1, 0.15) is 0 Å². The highest BCUT2D eigenvalue weighted by atomic mass is 16.2. The van der Waals surface area contributed by atoms with Crippen molar-refractivity contribution in [2.45, 2.75) is 25.4 Å². The summed E-state index contributed by atoms with van der Waals surface area (Å²) in [6, 6.07) is 5.80. The smallest absolute Gasteiger partial charge is 0.255 e. The maximum atomic E-state index is 12.7. The lowest BCUT2D eigenvalue weighted by atomic mass is 10.0. The fourth-order valence-electron chi connectivity index (χ4n) is 3.12. The Morgan fingerprint density at radius 3 is 2.80 bits per heavy atom. The van der Waals surface area contributed by atoms with Crippen molar-refractivity contribution >= 4 is 11.8 Å². The second kappa shape index (κ2) is 5.25. The summed E-state index contributed by atoms with van der Waals surface area (Å²) in [5.74, 6) is -0.187. The minimum atomic E-state index is -0.192. The highest BCUT2D eigenvalue weighted by molar-refractivity contribution is 6.09. The Morgan fingerprint density at radius 1 is 1.35 bits per heavy atom. The quantitative estimate of drug-likeness (QED) is 0.836. The van der Waals surface area contributed by atoms with Crippen LogP contribution < -0.4 is 10.6 Å². The average molecular weight is 273 g/mol. The topological polar surface area (TPSA) is 61.4 Å². The number of carbonyl (C=O) groups excluding carboxylic acids is 2. The van der Waals surface area contributed by atoms with Crippen molar-refractivity contribution in [3.05, 3.63) is 34.9 Å². The van der Waals surface area contributed by atoms with E-state index < -0.39 is 0 Å². The number of nitrogens with zero attached hydrogens (tertiary/aromatic N) is 1. The molecule has 0 bridgehead atoms. The first-order chi connectivity index (χ1) is 9.72. The normalized spacial score (nSPS) is 19.1. The molecule has 0 aromatic heterocycles. The lowest BCUT2D eigenvalue weighted by Gasteiger charge is -2.31. The minimum Gasteiger partial charge on any atom is -0.355 e. The van der Waals surface area contributed by atoms with Crippen LogP contribution in [-0.2, 0) is 6.54 Å². The molecule has 2 aliphatic rings. The van der Waals surface area contributed by atoms with E-state index in [0.29, 0.717) is 17.7 Å². The largest absolute Gasteiger partial charge is 0.355 e. The number of carbonyl (C=O) groups is 2. The van der Waals surface area contributed by atoms with Crippen molar-refractivity contribution in [1.82, 2.24) is 15.5 Å². The van der Waals surface area contributed by atoms with E-state index in [1.807, 2.05) is 17.0 Å². The number of benzene rings is 1. The zero-order valence-corrected chi connectivity index (χ0v) is 11.6. The molecule has 5 nitrogen and oxygen atoms in total. The van der Waals surface area contributed by atoms with Crippen LogP contribution in [0.3, 0.4) is 0 Å². The minimum absolute atomic E-state index is 0.00565. The maximum Gasteiger partial charge on any atom is 0.255 e. The van der Waals surface area contributed by atoms with E-state index >= 15 is 0 Å². The molecule has 1 fully saturated rings. The second-order valence-electron chi connectivity index (χ2n) is 5.33. The van der Waals surface area contributed by atoms with E-state index in [1.54, 1.807) is 13.1 Å². The van der Waals surface area contributed by atoms with Gasteiger partial charge in [0.25, 0.3) is 11.8 Å². The van der Waals surface area contributed by atoms with Gasteiger partial charge in [-0.1, -0.05) is 12.1 Å². The van der Waals surface area contributed by atoms with Gasteiger partial charge >= 0.3 is 0 Å². The molecule has 20 heavy (non-hydrogen) atoms. The van der Waals surface area contributed by atoms with Crippen LogP contribution in [0, 0.1) is 0 Å². The molecule has 1 saturated heterocycles. The van der Waals surface area contributed by atoms with Crippen molar-refractivity contribution in [3.8, 4) is 0 Å². The molecule has 0 spiro atoms. The SMILES string of the molecule is CNC(=O)c1cccc2c1C(=O)N(C1CCNCC1)C2. The van der Waals surface area contributed by atoms with Crippen molar-refractivity contribution in [2.24, 2.45) is 0 Å². The third kappa shape index (κ3) is 2.08. The highest BCUT2D eigenvalue weighted by Crippen LogP contribution is 2.29. The Bertz CT molecular complexity index is 550. The first kappa shape index (κ1) is 13.1. The molecule has 0 unspecified atom stereocenters. The van der Waals surface area contributed by atoms with Gasteiger partial charge in [-0.25, -0.2) is 0 Å². The number of fused-ring (bicyclic) bond motifs is 1. The summed E-state index contributed by atoms with van der Waals surface area (Å²) in [6.45, 7) is 2.53. The first-order valence-corrected chi connectivity index (χ1v) is 7.08. The van der Waals surface area contributed by atoms with Crippen molar-refractivity contribution < 1.29 is 9.59 Å². The Morgan fingerprint density at radius 2 is 2.10 bits per heavy atom. The van der Waals surface area contributed by atoms with Crippen molar-refractivity contribution in [3.63, 3.8) is 0 Å². The van der Waals surface area contributed by atoms with E-state index in [9.17, 15) is 9.59 Å². The molecule has 106 valence electrons. The third-order valence-corrected chi connectivity index (χ3v) is 4.19. The lowest BCUT2D eigenvalue weighted by Crippen LogP contribution is -2.43. The monoisotopic (exact) mass is 273 g/mol. The zero-order chi connectivity index (χ0) is 14.1. The lowest BCUT2D eigenvalue weighted by molar-refractivity contribution is 0.0665. The van der Waals surface area contributed by atoms with E-state index in [0.717, 1.165) is 31.5 Å². The summed E-state index contributed by atoms with van der Waals surface area (Å²) in [7, 11) is 1.59. The van der Waals surface area contributed by atoms with Crippen LogP contribution in [0.2, 0.25) is 0 Å². The molecule has 0 radical (unpaired) electrons. The van der Waals surface area contributed by atoms with Gasteiger partial charge in [0.05, 0.1) is 11.1 Å². The van der Waals surface area contributed by atoms with E-state index in [1.165, 1.54) is 0 Å². The number of rotatable bonds is 2. The summed E-state index contributed by atoms with van der Waals surface area (Å²) < 4.78 is 0. The van der Waals surface area contributed by atoms with Crippen LogP contribution >= 0.6 is 0 Å². The number of hydrogen-bond acceptors (Lipinski definition) is 3. The van der Waals surface area contributed by atoms with Crippen molar-refractivity contribution in [2.75, 3.05) is 20.1 Å². The predicted octanol–water partition coefficient (Wildman–Crippen LogP) is 0.754. The van der Waals surface area contributed by atoms with Crippen molar-refractivity contribution in [1.29, 1.82) is 0 Å². The Kier molecular flexibility index (Phi) is 3.44. The van der Waals surface area contributed by atoms with Gasteiger partial charge in [-0.05, 0) is 37.6 Å². The molecule has 0 atom stereocenters. The van der Waals surface area contributed by atoms with E-state index in [4.69, 9.17) is 0 Å². The predicted molar refractivity (Wildman–Crippen MR) is 75.6 cm³/mol. The van der Waals surface area contributed by atoms with Gasteiger partial charge in [0, 0.05) is 19.6 Å². The third-order valence-electron chi connectivity index (χ3n) is 4.19. The average Bonchev–Trinajstić information content (AvgIpc) is 2.85. The summed E-state index contributed by atoms with van der Waals surface area (Å²) in [4.78, 5) is 26.5. The molecule has 1 aromatic rings. The molecule has 1 aromatic carbocycles. The summed E-state index contributed by atoms with van der Waals surface area (Å²) >= 11 is 0.